The fraction of sp³-hybridized carbons (Fsp3) is 0.538. The molecule has 17 heavy (non-hydrogen) atoms. The van der Waals surface area contributed by atoms with Gasteiger partial charge in [0.15, 0.2) is 7.28 Å². The molecule has 0 saturated carbocycles. The third kappa shape index (κ3) is 3.32. The molecule has 0 bridgehead atoms. The molecule has 1 aromatic heterocycles. The van der Waals surface area contributed by atoms with Crippen molar-refractivity contribution in [2.75, 3.05) is 5.32 Å². The second kappa shape index (κ2) is 5.34. The van der Waals surface area contributed by atoms with E-state index in [0.29, 0.717) is 5.82 Å². The summed E-state index contributed by atoms with van der Waals surface area (Å²) in [5, 5.41) is 2.86. The molecule has 0 saturated heterocycles. The third-order valence-corrected chi connectivity index (χ3v) is 3.20. The topological polar surface area (TPSA) is 42.0 Å². The molecular formula is C13H20BN2O. The van der Waals surface area contributed by atoms with E-state index in [0.717, 1.165) is 17.4 Å². The van der Waals surface area contributed by atoms with Crippen molar-refractivity contribution < 1.29 is 4.79 Å². The number of rotatable bonds is 4. The highest BCUT2D eigenvalue weighted by Crippen LogP contribution is 2.21. The first-order valence-corrected chi connectivity index (χ1v) is 5.98. The number of pyridine rings is 1. The van der Waals surface area contributed by atoms with Crippen LogP contribution in [0.3, 0.4) is 0 Å². The van der Waals surface area contributed by atoms with Crippen LogP contribution in [0.4, 0.5) is 5.82 Å². The molecule has 0 aliphatic heterocycles. The Morgan fingerprint density at radius 2 is 2.18 bits per heavy atom. The number of aromatic nitrogens is 1. The second-order valence-corrected chi connectivity index (χ2v) is 4.91. The zero-order chi connectivity index (χ0) is 13.1. The summed E-state index contributed by atoms with van der Waals surface area (Å²) in [6.45, 7) is 9.86. The van der Waals surface area contributed by atoms with Crippen molar-refractivity contribution in [1.82, 2.24) is 4.98 Å². The summed E-state index contributed by atoms with van der Waals surface area (Å²) in [5.74, 6) is 0.639. The first-order valence-electron chi connectivity index (χ1n) is 5.98. The highest BCUT2D eigenvalue weighted by atomic mass is 16.2. The molecule has 1 amide bonds. The standard InChI is InChI=1S/C13H20BN2O/c1-6-13(3,4)12(17)16-11-7-9(2)10(14-5)8-15-11/h7-8H,6H2,1-5H3,(H,15,16,17). The molecule has 0 aliphatic rings. The van der Waals surface area contributed by atoms with Crippen LogP contribution >= 0.6 is 0 Å². The number of nitrogens with zero attached hydrogens (tertiary/aromatic N) is 1. The molecule has 0 aromatic carbocycles. The minimum atomic E-state index is -0.356. The highest BCUT2D eigenvalue weighted by molar-refractivity contribution is 6.52. The van der Waals surface area contributed by atoms with Crippen LogP contribution in [0.2, 0.25) is 6.82 Å². The van der Waals surface area contributed by atoms with Crippen LogP contribution in [-0.2, 0) is 4.79 Å². The van der Waals surface area contributed by atoms with E-state index in [9.17, 15) is 4.79 Å². The van der Waals surface area contributed by atoms with Crippen molar-refractivity contribution in [2.24, 2.45) is 5.41 Å². The van der Waals surface area contributed by atoms with Crippen molar-refractivity contribution in [3.05, 3.63) is 17.8 Å². The third-order valence-electron chi connectivity index (χ3n) is 3.20. The van der Waals surface area contributed by atoms with E-state index in [4.69, 9.17) is 0 Å². The lowest BCUT2D eigenvalue weighted by atomic mass is 9.72. The first kappa shape index (κ1) is 13.7. The smallest absolute Gasteiger partial charge is 0.231 e. The van der Waals surface area contributed by atoms with Gasteiger partial charge in [0.2, 0.25) is 5.91 Å². The van der Waals surface area contributed by atoms with Gasteiger partial charge >= 0.3 is 0 Å². The molecule has 3 nitrogen and oxygen atoms in total. The Labute approximate surface area is 104 Å². The van der Waals surface area contributed by atoms with Gasteiger partial charge in [-0.25, -0.2) is 4.98 Å². The molecule has 4 heteroatoms. The average Bonchev–Trinajstić information content (AvgIpc) is 2.29. The highest BCUT2D eigenvalue weighted by Gasteiger charge is 2.25. The minimum Gasteiger partial charge on any atom is -0.310 e. The molecule has 1 heterocycles. The van der Waals surface area contributed by atoms with Gasteiger partial charge in [-0.3, -0.25) is 4.79 Å². The van der Waals surface area contributed by atoms with Gasteiger partial charge in [0.05, 0.1) is 0 Å². The van der Waals surface area contributed by atoms with E-state index in [2.05, 4.69) is 10.3 Å². The van der Waals surface area contributed by atoms with Gasteiger partial charge in [0, 0.05) is 11.6 Å². The maximum atomic E-state index is 12.0. The van der Waals surface area contributed by atoms with Crippen LogP contribution in [0, 0.1) is 12.3 Å². The molecule has 1 aromatic rings. The molecule has 0 spiro atoms. The minimum absolute atomic E-state index is 0.0140. The number of hydrogen-bond acceptors (Lipinski definition) is 2. The number of amides is 1. The summed E-state index contributed by atoms with van der Waals surface area (Å²) in [4.78, 5) is 16.2. The summed E-state index contributed by atoms with van der Waals surface area (Å²) in [6.07, 6.45) is 2.59. The SMILES string of the molecule is C[B]c1cnc(NC(=O)C(C)(C)CC)cc1C. The lowest BCUT2D eigenvalue weighted by Gasteiger charge is -2.21. The van der Waals surface area contributed by atoms with E-state index in [1.807, 2.05) is 47.9 Å². The van der Waals surface area contributed by atoms with E-state index in [-0.39, 0.29) is 11.3 Å². The van der Waals surface area contributed by atoms with Crippen LogP contribution in [0.5, 0.6) is 0 Å². The molecule has 1 rings (SSSR count). The van der Waals surface area contributed by atoms with Gasteiger partial charge in [-0.15, -0.1) is 0 Å². The predicted molar refractivity (Wildman–Crippen MR) is 72.9 cm³/mol. The summed E-state index contributed by atoms with van der Waals surface area (Å²) >= 11 is 0. The summed E-state index contributed by atoms with van der Waals surface area (Å²) in [6, 6.07) is 1.90. The summed E-state index contributed by atoms with van der Waals surface area (Å²) in [7, 11) is 2.00. The lowest BCUT2D eigenvalue weighted by Crippen LogP contribution is -2.30. The van der Waals surface area contributed by atoms with E-state index >= 15 is 0 Å². The van der Waals surface area contributed by atoms with Gasteiger partial charge in [-0.05, 0) is 19.4 Å². The van der Waals surface area contributed by atoms with E-state index in [1.54, 1.807) is 6.20 Å². The molecule has 0 unspecified atom stereocenters. The summed E-state index contributed by atoms with van der Waals surface area (Å²) in [5.41, 5.74) is 1.86. The maximum Gasteiger partial charge on any atom is 0.231 e. The van der Waals surface area contributed by atoms with E-state index in [1.165, 1.54) is 0 Å². The molecule has 1 radical (unpaired) electrons. The van der Waals surface area contributed by atoms with Crippen molar-refractivity contribution in [3.63, 3.8) is 0 Å². The Kier molecular flexibility index (Phi) is 4.32. The van der Waals surface area contributed by atoms with Crippen LogP contribution < -0.4 is 10.8 Å². The van der Waals surface area contributed by atoms with Crippen molar-refractivity contribution in [2.45, 2.75) is 40.9 Å². The van der Waals surface area contributed by atoms with Gasteiger partial charge in [-0.1, -0.05) is 38.6 Å². The molecule has 0 aliphatic carbocycles. The largest absolute Gasteiger partial charge is 0.310 e. The zero-order valence-corrected chi connectivity index (χ0v) is 11.3. The molecule has 0 fully saturated rings. The number of aryl methyl sites for hydroxylation is 1. The fourth-order valence-electron chi connectivity index (χ4n) is 1.38. The van der Waals surface area contributed by atoms with Gasteiger partial charge in [0.25, 0.3) is 0 Å². The first-order chi connectivity index (χ1) is 7.90. The Hall–Kier alpha value is -1.32. The van der Waals surface area contributed by atoms with Crippen LogP contribution in [0.25, 0.3) is 0 Å². The van der Waals surface area contributed by atoms with E-state index < -0.39 is 0 Å². The van der Waals surface area contributed by atoms with Gasteiger partial charge in [0.1, 0.15) is 5.82 Å². The normalized spacial score (nSPS) is 11.1. The molecule has 0 atom stereocenters. The number of hydrogen-bond donors (Lipinski definition) is 1. The monoisotopic (exact) mass is 231 g/mol. The maximum absolute atomic E-state index is 12.0. The zero-order valence-electron chi connectivity index (χ0n) is 11.3. The van der Waals surface area contributed by atoms with Crippen LogP contribution in [0.15, 0.2) is 12.3 Å². The fourth-order valence-corrected chi connectivity index (χ4v) is 1.38. The second-order valence-electron chi connectivity index (χ2n) is 4.91. The molecule has 91 valence electrons. The Balaban J connectivity index is 2.83. The van der Waals surface area contributed by atoms with Crippen LogP contribution in [0.1, 0.15) is 32.8 Å². The Bertz CT molecular complexity index is 416. The van der Waals surface area contributed by atoms with Crippen LogP contribution in [-0.4, -0.2) is 18.2 Å². The number of carbonyl (C=O) groups is 1. The van der Waals surface area contributed by atoms with Gasteiger partial charge in [-0.2, -0.15) is 0 Å². The lowest BCUT2D eigenvalue weighted by molar-refractivity contribution is -0.124. The predicted octanol–water partition coefficient (Wildman–Crippen LogP) is 2.14. The summed E-state index contributed by atoms with van der Waals surface area (Å²) < 4.78 is 0. The quantitative estimate of drug-likeness (QED) is 0.806. The van der Waals surface area contributed by atoms with Gasteiger partial charge < -0.3 is 5.32 Å². The number of anilines is 1. The molecular weight excluding hydrogens is 211 g/mol. The van der Waals surface area contributed by atoms with Crippen molar-refractivity contribution in [1.29, 1.82) is 0 Å². The number of carbonyl (C=O) groups excluding carboxylic acids is 1. The Morgan fingerprint density at radius 3 is 2.65 bits per heavy atom. The Morgan fingerprint density at radius 1 is 1.53 bits per heavy atom. The molecule has 1 N–H and O–H groups in total. The number of nitrogens with one attached hydrogen (secondary N) is 1. The average molecular weight is 231 g/mol. The van der Waals surface area contributed by atoms with Crippen molar-refractivity contribution in [3.8, 4) is 0 Å². The van der Waals surface area contributed by atoms with Crippen molar-refractivity contribution >= 4 is 24.5 Å².